The summed E-state index contributed by atoms with van der Waals surface area (Å²) >= 11 is 0. The molecular formula is C17H15N3O4. The summed E-state index contributed by atoms with van der Waals surface area (Å²) in [5, 5.41) is 5.22. The van der Waals surface area contributed by atoms with Gasteiger partial charge in [0.2, 0.25) is 5.91 Å². The topological polar surface area (TPSA) is 111 Å². The lowest BCUT2D eigenvalue weighted by Gasteiger charge is -2.33. The second-order valence-electron chi connectivity index (χ2n) is 5.48. The van der Waals surface area contributed by atoms with Gasteiger partial charge in [0.1, 0.15) is 5.75 Å². The molecule has 0 radical (unpaired) electrons. The van der Waals surface area contributed by atoms with Gasteiger partial charge in [-0.3, -0.25) is 14.4 Å². The highest BCUT2D eigenvalue weighted by molar-refractivity contribution is 6.19. The summed E-state index contributed by atoms with van der Waals surface area (Å²) < 4.78 is 5.63. The average molecular weight is 325 g/mol. The van der Waals surface area contributed by atoms with Crippen LogP contribution in [0.4, 0.5) is 11.4 Å². The number of anilines is 2. The third-order valence-corrected chi connectivity index (χ3v) is 3.72. The van der Waals surface area contributed by atoms with E-state index in [0.29, 0.717) is 17.1 Å². The van der Waals surface area contributed by atoms with Crippen LogP contribution in [0.25, 0.3) is 0 Å². The van der Waals surface area contributed by atoms with E-state index in [1.54, 1.807) is 36.4 Å². The number of ether oxygens (including phenoxy) is 1. The molecule has 122 valence electrons. The van der Waals surface area contributed by atoms with Gasteiger partial charge in [-0.15, -0.1) is 0 Å². The fourth-order valence-electron chi connectivity index (χ4n) is 2.32. The lowest BCUT2D eigenvalue weighted by Crippen LogP contribution is -2.56. The van der Waals surface area contributed by atoms with Crippen molar-refractivity contribution in [3.8, 4) is 5.75 Å². The zero-order valence-electron chi connectivity index (χ0n) is 12.8. The Kier molecular flexibility index (Phi) is 3.69. The van der Waals surface area contributed by atoms with Crippen LogP contribution in [0.2, 0.25) is 0 Å². The largest absolute Gasteiger partial charge is 0.466 e. The van der Waals surface area contributed by atoms with Gasteiger partial charge in [0.25, 0.3) is 17.4 Å². The lowest BCUT2D eigenvalue weighted by atomic mass is 10.0. The van der Waals surface area contributed by atoms with E-state index in [-0.39, 0.29) is 5.56 Å². The van der Waals surface area contributed by atoms with E-state index in [2.05, 4.69) is 10.6 Å². The third kappa shape index (κ3) is 2.67. The first-order chi connectivity index (χ1) is 11.4. The molecule has 0 fully saturated rings. The summed E-state index contributed by atoms with van der Waals surface area (Å²) in [6, 6.07) is 13.0. The zero-order chi connectivity index (χ0) is 17.3. The summed E-state index contributed by atoms with van der Waals surface area (Å²) in [4.78, 5) is 36.1. The number of hydrogen-bond acceptors (Lipinski definition) is 4. The average Bonchev–Trinajstić information content (AvgIpc) is 2.56. The van der Waals surface area contributed by atoms with Crippen molar-refractivity contribution in [2.45, 2.75) is 12.5 Å². The van der Waals surface area contributed by atoms with E-state index < -0.39 is 23.3 Å². The number of primary amides is 1. The summed E-state index contributed by atoms with van der Waals surface area (Å²) in [5.41, 5.74) is 4.57. The minimum absolute atomic E-state index is 0.248. The number of nitrogens with two attached hydrogens (primary N) is 1. The van der Waals surface area contributed by atoms with Crippen molar-refractivity contribution in [1.82, 2.24) is 0 Å². The summed E-state index contributed by atoms with van der Waals surface area (Å²) in [7, 11) is 0. The Morgan fingerprint density at radius 2 is 1.92 bits per heavy atom. The Morgan fingerprint density at radius 1 is 1.17 bits per heavy atom. The molecule has 0 aromatic heterocycles. The fraction of sp³-hybridized carbons (Fsp3) is 0.118. The number of benzene rings is 2. The van der Waals surface area contributed by atoms with E-state index in [9.17, 15) is 14.4 Å². The van der Waals surface area contributed by atoms with Crippen molar-refractivity contribution in [2.75, 3.05) is 10.6 Å². The van der Waals surface area contributed by atoms with Crippen LogP contribution in [0, 0.1) is 0 Å². The van der Waals surface area contributed by atoms with Gasteiger partial charge in [0, 0.05) is 11.3 Å². The van der Waals surface area contributed by atoms with Gasteiger partial charge in [0.05, 0.1) is 5.69 Å². The summed E-state index contributed by atoms with van der Waals surface area (Å²) in [6.45, 7) is 1.38. The Balaban J connectivity index is 1.85. The second kappa shape index (κ2) is 5.69. The first kappa shape index (κ1) is 15.5. The molecule has 24 heavy (non-hydrogen) atoms. The number of carbonyl (C=O) groups excluding carboxylic acids is 3. The molecule has 2 aromatic carbocycles. The normalized spacial score (nSPS) is 18.8. The van der Waals surface area contributed by atoms with Gasteiger partial charge in [0.15, 0.2) is 0 Å². The van der Waals surface area contributed by atoms with Crippen LogP contribution in [0.5, 0.6) is 5.75 Å². The minimum Gasteiger partial charge on any atom is -0.466 e. The maximum absolute atomic E-state index is 12.6. The van der Waals surface area contributed by atoms with Crippen molar-refractivity contribution >= 4 is 29.1 Å². The van der Waals surface area contributed by atoms with Gasteiger partial charge in [-0.25, -0.2) is 0 Å². The molecule has 2 aromatic rings. The Morgan fingerprint density at radius 3 is 2.67 bits per heavy atom. The standard InChI is InChI=1S/C17H15N3O4/c1-17(16(23)20-12-7-2-3-8-13(12)24-17)15(22)19-11-6-4-5-10(9-11)14(18)21/h2-9H,1H3,(H2,18,21)(H,19,22)(H,20,23)/t17-/m0/s1. The Bertz CT molecular complexity index is 849. The maximum atomic E-state index is 12.6. The maximum Gasteiger partial charge on any atom is 0.278 e. The molecule has 4 N–H and O–H groups in total. The van der Waals surface area contributed by atoms with E-state index in [0.717, 1.165) is 0 Å². The molecule has 1 heterocycles. The second-order valence-corrected chi connectivity index (χ2v) is 5.48. The molecule has 7 nitrogen and oxygen atoms in total. The van der Waals surface area contributed by atoms with Gasteiger partial charge in [-0.2, -0.15) is 0 Å². The third-order valence-electron chi connectivity index (χ3n) is 3.72. The molecule has 0 bridgehead atoms. The SMILES string of the molecule is C[C@@]1(C(=O)Nc2cccc(C(N)=O)c2)Oc2ccccc2NC1=O. The summed E-state index contributed by atoms with van der Waals surface area (Å²) in [5.74, 6) is -1.44. The van der Waals surface area contributed by atoms with Crippen LogP contribution in [0.3, 0.4) is 0 Å². The van der Waals surface area contributed by atoms with Crippen molar-refractivity contribution in [2.24, 2.45) is 5.73 Å². The van der Waals surface area contributed by atoms with Crippen molar-refractivity contribution in [3.63, 3.8) is 0 Å². The monoisotopic (exact) mass is 325 g/mol. The molecular weight excluding hydrogens is 310 g/mol. The molecule has 3 amide bonds. The number of hydrogen-bond donors (Lipinski definition) is 3. The fourth-order valence-corrected chi connectivity index (χ4v) is 2.32. The number of fused-ring (bicyclic) bond motifs is 1. The lowest BCUT2D eigenvalue weighted by molar-refractivity contribution is -0.143. The van der Waals surface area contributed by atoms with Gasteiger partial charge < -0.3 is 21.1 Å². The minimum atomic E-state index is -1.74. The predicted octanol–water partition coefficient (Wildman–Crippen LogP) is 1.51. The van der Waals surface area contributed by atoms with Gasteiger partial charge in [-0.05, 0) is 37.3 Å². The van der Waals surface area contributed by atoms with Crippen LogP contribution in [0.1, 0.15) is 17.3 Å². The van der Waals surface area contributed by atoms with E-state index in [1.807, 2.05) is 0 Å². The number of rotatable bonds is 3. The Labute approximate surface area is 137 Å². The Hall–Kier alpha value is -3.35. The number of nitrogens with one attached hydrogen (secondary N) is 2. The van der Waals surface area contributed by atoms with Crippen LogP contribution < -0.4 is 21.1 Å². The number of amides is 3. The highest BCUT2D eigenvalue weighted by atomic mass is 16.5. The highest BCUT2D eigenvalue weighted by Crippen LogP contribution is 2.33. The van der Waals surface area contributed by atoms with Crippen molar-refractivity contribution in [1.29, 1.82) is 0 Å². The van der Waals surface area contributed by atoms with E-state index >= 15 is 0 Å². The molecule has 0 unspecified atom stereocenters. The van der Waals surface area contributed by atoms with Crippen LogP contribution in [-0.4, -0.2) is 23.3 Å². The molecule has 0 spiro atoms. The predicted molar refractivity (Wildman–Crippen MR) is 87.7 cm³/mol. The molecule has 0 saturated heterocycles. The molecule has 7 heteroatoms. The van der Waals surface area contributed by atoms with Crippen LogP contribution in [-0.2, 0) is 9.59 Å². The molecule has 3 rings (SSSR count). The van der Waals surface area contributed by atoms with E-state index in [4.69, 9.17) is 10.5 Å². The quantitative estimate of drug-likeness (QED) is 0.743. The first-order valence-corrected chi connectivity index (χ1v) is 7.21. The highest BCUT2D eigenvalue weighted by Gasteiger charge is 2.47. The number of carbonyl (C=O) groups is 3. The van der Waals surface area contributed by atoms with Gasteiger partial charge >= 0.3 is 0 Å². The number of para-hydroxylation sites is 2. The molecule has 0 saturated carbocycles. The molecule has 1 aliphatic rings. The smallest absolute Gasteiger partial charge is 0.278 e. The zero-order valence-corrected chi connectivity index (χ0v) is 12.8. The van der Waals surface area contributed by atoms with Crippen LogP contribution in [0.15, 0.2) is 48.5 Å². The molecule has 0 aliphatic carbocycles. The van der Waals surface area contributed by atoms with Crippen molar-refractivity contribution < 1.29 is 19.1 Å². The summed E-state index contributed by atoms with van der Waals surface area (Å²) in [6.07, 6.45) is 0. The van der Waals surface area contributed by atoms with E-state index in [1.165, 1.54) is 19.1 Å². The molecule has 1 aliphatic heterocycles. The van der Waals surface area contributed by atoms with Gasteiger partial charge in [-0.1, -0.05) is 18.2 Å². The van der Waals surface area contributed by atoms with Crippen LogP contribution >= 0.6 is 0 Å². The first-order valence-electron chi connectivity index (χ1n) is 7.21. The van der Waals surface area contributed by atoms with Crippen molar-refractivity contribution in [3.05, 3.63) is 54.1 Å². The molecule has 1 atom stereocenters.